The van der Waals surface area contributed by atoms with E-state index < -0.39 is 11.2 Å². The average molecular weight is 404 g/mol. The first kappa shape index (κ1) is 18.6. The normalized spacial score (nSPS) is 10.8. The summed E-state index contributed by atoms with van der Waals surface area (Å²) in [4.78, 5) is 34.5. The molecule has 0 saturated heterocycles. The van der Waals surface area contributed by atoms with E-state index in [1.165, 1.54) is 10.8 Å². The monoisotopic (exact) mass is 403 g/mol. The van der Waals surface area contributed by atoms with Gasteiger partial charge in [-0.1, -0.05) is 29.8 Å². The zero-order valence-corrected chi connectivity index (χ0v) is 16.1. The second-order valence-electron chi connectivity index (χ2n) is 6.44. The highest BCUT2D eigenvalue weighted by Crippen LogP contribution is 2.19. The fourth-order valence-electron chi connectivity index (χ4n) is 3.10. The molecule has 4 aromatic rings. The smallest absolute Gasteiger partial charge is 0.280 e. The fourth-order valence-corrected chi connectivity index (χ4v) is 3.22. The van der Waals surface area contributed by atoms with Crippen molar-refractivity contribution in [2.24, 2.45) is 7.05 Å². The van der Waals surface area contributed by atoms with Crippen molar-refractivity contribution in [1.29, 1.82) is 5.26 Å². The van der Waals surface area contributed by atoms with Crippen LogP contribution in [0.3, 0.4) is 0 Å². The van der Waals surface area contributed by atoms with Crippen molar-refractivity contribution in [1.82, 2.24) is 19.1 Å². The third kappa shape index (κ3) is 3.30. The van der Waals surface area contributed by atoms with Crippen LogP contribution in [0.4, 0.5) is 0 Å². The van der Waals surface area contributed by atoms with Crippen LogP contribution < -0.4 is 11.2 Å². The minimum Gasteiger partial charge on any atom is -0.280 e. The summed E-state index contributed by atoms with van der Waals surface area (Å²) in [6.45, 7) is -0.00981. The molecule has 2 aromatic heterocycles. The Kier molecular flexibility index (Phi) is 4.71. The molecule has 0 fully saturated rings. The summed E-state index contributed by atoms with van der Waals surface area (Å²) in [7, 11) is 1.55. The van der Waals surface area contributed by atoms with Gasteiger partial charge in [0.25, 0.3) is 5.56 Å². The van der Waals surface area contributed by atoms with Crippen LogP contribution in [0.5, 0.6) is 0 Å². The topological polar surface area (TPSA) is 93.6 Å². The molecular formula is C21H14ClN5O2. The summed E-state index contributed by atoms with van der Waals surface area (Å²) >= 11 is 5.92. The summed E-state index contributed by atoms with van der Waals surface area (Å²) in [6, 6.07) is 15.9. The molecule has 29 heavy (non-hydrogen) atoms. The third-order valence-electron chi connectivity index (χ3n) is 4.65. The minimum absolute atomic E-state index is 0.00981. The summed E-state index contributed by atoms with van der Waals surface area (Å²) in [5.41, 5.74) is 0.943. The van der Waals surface area contributed by atoms with Gasteiger partial charge in [0.15, 0.2) is 11.5 Å². The summed E-state index contributed by atoms with van der Waals surface area (Å²) in [6.07, 6.45) is 1.42. The molecule has 0 aliphatic rings. The number of rotatable bonds is 3. The Hall–Kier alpha value is -3.76. The lowest BCUT2D eigenvalue weighted by Gasteiger charge is -2.11. The molecule has 0 N–H and O–H groups in total. The number of nitriles is 1. The predicted octanol–water partition coefficient (Wildman–Crippen LogP) is 2.73. The van der Waals surface area contributed by atoms with Crippen LogP contribution in [0.15, 0.2) is 64.3 Å². The number of aryl methyl sites for hydroxylation is 1. The minimum atomic E-state index is -0.518. The molecule has 7 nitrogen and oxygen atoms in total. The van der Waals surface area contributed by atoms with E-state index in [9.17, 15) is 14.9 Å². The zero-order chi connectivity index (χ0) is 20.5. The van der Waals surface area contributed by atoms with Gasteiger partial charge in [-0.05, 0) is 35.9 Å². The molecule has 4 rings (SSSR count). The Balaban J connectivity index is 1.88. The van der Waals surface area contributed by atoms with Crippen LogP contribution in [0, 0.1) is 11.3 Å². The van der Waals surface area contributed by atoms with Gasteiger partial charge in [-0.15, -0.1) is 0 Å². The lowest BCUT2D eigenvalue weighted by atomic mass is 10.1. The van der Waals surface area contributed by atoms with Crippen molar-refractivity contribution in [3.63, 3.8) is 0 Å². The van der Waals surface area contributed by atoms with Crippen molar-refractivity contribution in [2.75, 3.05) is 0 Å². The molecule has 0 saturated carbocycles. The lowest BCUT2D eigenvalue weighted by Crippen LogP contribution is -2.39. The molecule has 2 heterocycles. The molecule has 0 radical (unpaired) electrons. The highest BCUT2D eigenvalue weighted by atomic mass is 35.5. The quantitative estimate of drug-likeness (QED) is 0.524. The second kappa shape index (κ2) is 7.34. The van der Waals surface area contributed by atoms with Gasteiger partial charge in [-0.2, -0.15) is 5.26 Å². The van der Waals surface area contributed by atoms with Gasteiger partial charge in [0, 0.05) is 23.8 Å². The molecule has 0 atom stereocenters. The second-order valence-corrected chi connectivity index (χ2v) is 6.88. The largest absolute Gasteiger partial charge is 0.332 e. The standard InChI is InChI=1S/C21H14ClN5O2/c1-26-19-17(11-24-18(25-19)13-6-8-16(22)9-7-13)20(28)27(21(26)29)12-15-5-3-2-4-14(15)10-23/h2-9,11H,12H2,1H3. The molecule has 142 valence electrons. The first-order chi connectivity index (χ1) is 14.0. The van der Waals surface area contributed by atoms with Crippen LogP contribution in [-0.2, 0) is 13.6 Å². The van der Waals surface area contributed by atoms with Gasteiger partial charge in [-0.3, -0.25) is 13.9 Å². The first-order valence-electron chi connectivity index (χ1n) is 8.70. The number of fused-ring (bicyclic) bond motifs is 1. The van der Waals surface area contributed by atoms with Crippen molar-refractivity contribution in [2.45, 2.75) is 6.54 Å². The van der Waals surface area contributed by atoms with Gasteiger partial charge in [0.05, 0.1) is 18.2 Å². The maximum atomic E-state index is 13.0. The summed E-state index contributed by atoms with van der Waals surface area (Å²) < 4.78 is 2.40. The molecule has 0 amide bonds. The number of hydrogen-bond donors (Lipinski definition) is 0. The van der Waals surface area contributed by atoms with E-state index in [1.807, 2.05) is 0 Å². The van der Waals surface area contributed by atoms with E-state index in [0.29, 0.717) is 22.0 Å². The number of aromatic nitrogens is 4. The SMILES string of the molecule is Cn1c(=O)n(Cc2ccccc2C#N)c(=O)c2cnc(-c3ccc(Cl)cc3)nc21. The third-order valence-corrected chi connectivity index (χ3v) is 4.90. The van der Waals surface area contributed by atoms with E-state index in [-0.39, 0.29) is 17.6 Å². The summed E-state index contributed by atoms with van der Waals surface area (Å²) in [5.74, 6) is 0.385. The van der Waals surface area contributed by atoms with Crippen molar-refractivity contribution in [3.05, 3.63) is 91.7 Å². The number of nitrogens with zero attached hydrogens (tertiary/aromatic N) is 5. The van der Waals surface area contributed by atoms with E-state index in [2.05, 4.69) is 16.0 Å². The molecule has 2 aromatic carbocycles. The molecular weight excluding hydrogens is 390 g/mol. The van der Waals surface area contributed by atoms with Crippen LogP contribution >= 0.6 is 11.6 Å². The maximum absolute atomic E-state index is 13.0. The first-order valence-corrected chi connectivity index (χ1v) is 9.08. The van der Waals surface area contributed by atoms with Crippen LogP contribution in [0.1, 0.15) is 11.1 Å². The Bertz CT molecular complexity index is 1400. The Morgan fingerprint density at radius 1 is 1.10 bits per heavy atom. The predicted molar refractivity (Wildman–Crippen MR) is 110 cm³/mol. The lowest BCUT2D eigenvalue weighted by molar-refractivity contribution is 0.655. The van der Waals surface area contributed by atoms with Gasteiger partial charge in [-0.25, -0.2) is 14.8 Å². The fraction of sp³-hybridized carbons (Fsp3) is 0.0952. The molecule has 0 bridgehead atoms. The van der Waals surface area contributed by atoms with Crippen LogP contribution in [0.2, 0.25) is 5.02 Å². The molecule has 8 heteroatoms. The number of halogens is 1. The van der Waals surface area contributed by atoms with Gasteiger partial charge in [0.1, 0.15) is 5.39 Å². The Morgan fingerprint density at radius 2 is 1.83 bits per heavy atom. The van der Waals surface area contributed by atoms with Crippen molar-refractivity contribution < 1.29 is 0 Å². The van der Waals surface area contributed by atoms with E-state index >= 15 is 0 Å². The average Bonchev–Trinajstić information content (AvgIpc) is 2.75. The molecule has 0 aliphatic heterocycles. The van der Waals surface area contributed by atoms with Gasteiger partial charge >= 0.3 is 5.69 Å². The highest BCUT2D eigenvalue weighted by molar-refractivity contribution is 6.30. The van der Waals surface area contributed by atoms with E-state index in [1.54, 1.807) is 55.6 Å². The molecule has 0 spiro atoms. The van der Waals surface area contributed by atoms with E-state index in [4.69, 9.17) is 11.6 Å². The maximum Gasteiger partial charge on any atom is 0.332 e. The number of hydrogen-bond acceptors (Lipinski definition) is 5. The van der Waals surface area contributed by atoms with Crippen LogP contribution in [-0.4, -0.2) is 19.1 Å². The van der Waals surface area contributed by atoms with Crippen LogP contribution in [0.25, 0.3) is 22.4 Å². The van der Waals surface area contributed by atoms with Crippen molar-refractivity contribution in [3.8, 4) is 17.5 Å². The molecule has 0 aliphatic carbocycles. The van der Waals surface area contributed by atoms with Gasteiger partial charge < -0.3 is 0 Å². The van der Waals surface area contributed by atoms with E-state index in [0.717, 1.165) is 10.1 Å². The number of benzene rings is 2. The Morgan fingerprint density at radius 3 is 2.55 bits per heavy atom. The Labute approximate surface area is 170 Å². The van der Waals surface area contributed by atoms with Crippen molar-refractivity contribution >= 4 is 22.6 Å². The highest BCUT2D eigenvalue weighted by Gasteiger charge is 2.15. The summed E-state index contributed by atoms with van der Waals surface area (Å²) in [5, 5.41) is 10.1. The zero-order valence-electron chi connectivity index (χ0n) is 15.3. The molecule has 0 unspecified atom stereocenters. The van der Waals surface area contributed by atoms with Gasteiger partial charge in [0.2, 0.25) is 0 Å².